The fourth-order valence-corrected chi connectivity index (χ4v) is 4.93. The van der Waals surface area contributed by atoms with Crippen molar-refractivity contribution in [3.8, 4) is 5.75 Å². The topological polar surface area (TPSA) is 119 Å². The summed E-state index contributed by atoms with van der Waals surface area (Å²) < 4.78 is 33.1. The van der Waals surface area contributed by atoms with Crippen molar-refractivity contribution in [1.29, 1.82) is 0 Å². The highest BCUT2D eigenvalue weighted by Gasteiger charge is 2.28. The van der Waals surface area contributed by atoms with Gasteiger partial charge in [-0.3, -0.25) is 19.2 Å². The molecule has 0 bridgehead atoms. The molecule has 9 nitrogen and oxygen atoms in total. The van der Waals surface area contributed by atoms with Crippen molar-refractivity contribution < 1.29 is 22.9 Å². The van der Waals surface area contributed by atoms with Crippen LogP contribution in [0.5, 0.6) is 5.75 Å². The van der Waals surface area contributed by atoms with Crippen LogP contribution in [-0.2, 0) is 21.2 Å². The van der Waals surface area contributed by atoms with Gasteiger partial charge in [0.2, 0.25) is 5.91 Å². The summed E-state index contributed by atoms with van der Waals surface area (Å²) in [4.78, 5) is 23.3. The van der Waals surface area contributed by atoms with E-state index in [9.17, 15) is 23.3 Å². The fourth-order valence-electron chi connectivity index (χ4n) is 3.50. The molecular weight excluding hydrogens is 470 g/mol. The van der Waals surface area contributed by atoms with E-state index in [1.54, 1.807) is 18.2 Å². The second-order valence-electron chi connectivity index (χ2n) is 7.60. The van der Waals surface area contributed by atoms with Gasteiger partial charge >= 0.3 is 0 Å². The maximum atomic E-state index is 13.3. The summed E-state index contributed by atoms with van der Waals surface area (Å²) in [5.41, 5.74) is 0.779. The summed E-state index contributed by atoms with van der Waals surface area (Å²) in [7, 11) is -4.14. The van der Waals surface area contributed by atoms with Crippen molar-refractivity contribution in [3.05, 3.63) is 94.5 Å². The molecule has 0 aliphatic heterocycles. The molecule has 10 heteroatoms. The first kappa shape index (κ1) is 25.7. The van der Waals surface area contributed by atoms with Gasteiger partial charge in [0.25, 0.3) is 15.7 Å². The Balaban J connectivity index is 1.73. The molecule has 0 aromatic heterocycles. The van der Waals surface area contributed by atoms with Gasteiger partial charge in [0.05, 0.1) is 22.1 Å². The number of benzene rings is 3. The Hall–Kier alpha value is -3.92. The molecule has 184 valence electrons. The van der Waals surface area contributed by atoms with Crippen LogP contribution in [0.4, 0.5) is 11.4 Å². The number of hydrogen-bond acceptors (Lipinski definition) is 6. The van der Waals surface area contributed by atoms with Crippen LogP contribution < -0.4 is 14.4 Å². The molecular formula is C25H27N3O6S. The zero-order valence-electron chi connectivity index (χ0n) is 19.3. The number of nitrogens with zero attached hydrogens (tertiary/aromatic N) is 2. The van der Waals surface area contributed by atoms with Gasteiger partial charge in [0.1, 0.15) is 12.3 Å². The van der Waals surface area contributed by atoms with E-state index in [1.165, 1.54) is 30.3 Å². The van der Waals surface area contributed by atoms with Gasteiger partial charge < -0.3 is 10.1 Å². The van der Waals surface area contributed by atoms with Crippen LogP contribution in [0.1, 0.15) is 18.9 Å². The van der Waals surface area contributed by atoms with Crippen molar-refractivity contribution in [1.82, 2.24) is 5.32 Å². The van der Waals surface area contributed by atoms with Crippen LogP contribution in [0, 0.1) is 10.1 Å². The predicted octanol–water partition coefficient (Wildman–Crippen LogP) is 3.94. The quantitative estimate of drug-likeness (QED) is 0.230. The molecule has 0 saturated carbocycles. The molecule has 0 aliphatic rings. The summed E-state index contributed by atoms with van der Waals surface area (Å²) in [6.45, 7) is 2.27. The Morgan fingerprint density at radius 2 is 1.74 bits per heavy atom. The number of hydrogen-bond donors (Lipinski definition) is 1. The van der Waals surface area contributed by atoms with Gasteiger partial charge in [-0.05, 0) is 49.6 Å². The van der Waals surface area contributed by atoms with Gasteiger partial charge in [-0.15, -0.1) is 0 Å². The number of para-hydroxylation sites is 1. The van der Waals surface area contributed by atoms with Crippen molar-refractivity contribution in [2.45, 2.75) is 24.7 Å². The molecule has 1 N–H and O–H groups in total. The number of nitrogens with one attached hydrogen (secondary N) is 1. The second-order valence-corrected chi connectivity index (χ2v) is 9.46. The second kappa shape index (κ2) is 12.0. The Morgan fingerprint density at radius 3 is 2.46 bits per heavy atom. The molecule has 0 atom stereocenters. The van der Waals surface area contributed by atoms with Crippen molar-refractivity contribution >= 4 is 27.3 Å². The van der Waals surface area contributed by atoms with E-state index in [-0.39, 0.29) is 16.3 Å². The molecule has 35 heavy (non-hydrogen) atoms. The Labute approximate surface area is 204 Å². The van der Waals surface area contributed by atoms with E-state index in [0.717, 1.165) is 21.7 Å². The van der Waals surface area contributed by atoms with Gasteiger partial charge in [-0.2, -0.15) is 0 Å². The zero-order chi connectivity index (χ0) is 25.3. The summed E-state index contributed by atoms with van der Waals surface area (Å²) in [5.74, 6) is 0.279. The van der Waals surface area contributed by atoms with Gasteiger partial charge in [-0.1, -0.05) is 42.5 Å². The summed E-state index contributed by atoms with van der Waals surface area (Å²) in [6.07, 6.45) is 1.30. The highest BCUT2D eigenvalue weighted by Crippen LogP contribution is 2.27. The number of nitro groups is 1. The standard InChI is InChI=1S/C25H27N3O6S/c1-2-34-24-16-7-6-10-20(24)11-9-17-26-25(29)19-27(21-12-8-13-22(18-21)28(30)31)35(32,33)23-14-4-3-5-15-23/h3-8,10,12-16,18H,2,9,11,17,19H2,1H3,(H,26,29). The first-order valence-corrected chi connectivity index (χ1v) is 12.6. The smallest absolute Gasteiger partial charge is 0.271 e. The Kier molecular flexibility index (Phi) is 8.80. The number of anilines is 1. The van der Waals surface area contributed by atoms with E-state index in [1.807, 2.05) is 31.2 Å². The number of non-ortho nitro benzene ring substituents is 1. The monoisotopic (exact) mass is 497 g/mol. The molecule has 0 saturated heterocycles. The fraction of sp³-hybridized carbons (Fsp3) is 0.240. The zero-order valence-corrected chi connectivity index (χ0v) is 20.1. The first-order chi connectivity index (χ1) is 16.8. The average Bonchev–Trinajstić information content (AvgIpc) is 2.86. The number of carbonyl (C=O) groups excluding carboxylic acids is 1. The Bertz CT molecular complexity index is 1260. The Morgan fingerprint density at radius 1 is 1.03 bits per heavy atom. The van der Waals surface area contributed by atoms with E-state index in [0.29, 0.717) is 26.0 Å². The van der Waals surface area contributed by atoms with E-state index in [4.69, 9.17) is 4.74 Å². The van der Waals surface area contributed by atoms with E-state index in [2.05, 4.69) is 5.32 Å². The van der Waals surface area contributed by atoms with E-state index >= 15 is 0 Å². The molecule has 3 aromatic carbocycles. The van der Waals surface area contributed by atoms with Gasteiger partial charge in [0, 0.05) is 18.7 Å². The molecule has 0 spiro atoms. The highest BCUT2D eigenvalue weighted by atomic mass is 32.2. The SMILES string of the molecule is CCOc1ccccc1CCCNC(=O)CN(c1cccc([N+](=O)[O-])c1)S(=O)(=O)c1ccccc1. The minimum absolute atomic E-state index is 0.0214. The van der Waals surface area contributed by atoms with Gasteiger partial charge in [0.15, 0.2) is 0 Å². The molecule has 1 amide bonds. The maximum Gasteiger partial charge on any atom is 0.271 e. The van der Waals surface area contributed by atoms with Crippen molar-refractivity contribution in [3.63, 3.8) is 0 Å². The number of sulfonamides is 1. The third-order valence-electron chi connectivity index (χ3n) is 5.16. The number of ether oxygens (including phenoxy) is 1. The molecule has 0 radical (unpaired) electrons. The number of rotatable bonds is 12. The normalized spacial score (nSPS) is 11.0. The molecule has 3 rings (SSSR count). The van der Waals surface area contributed by atoms with Crippen molar-refractivity contribution in [2.24, 2.45) is 0 Å². The lowest BCUT2D eigenvalue weighted by molar-refractivity contribution is -0.384. The number of amides is 1. The molecule has 0 fully saturated rings. The van der Waals surface area contributed by atoms with Crippen LogP contribution in [0.25, 0.3) is 0 Å². The first-order valence-electron chi connectivity index (χ1n) is 11.1. The van der Waals surface area contributed by atoms with Crippen LogP contribution >= 0.6 is 0 Å². The lowest BCUT2D eigenvalue weighted by Crippen LogP contribution is -2.41. The summed E-state index contributed by atoms with van der Waals surface area (Å²) >= 11 is 0. The van der Waals surface area contributed by atoms with Crippen LogP contribution in [0.2, 0.25) is 0 Å². The highest BCUT2D eigenvalue weighted by molar-refractivity contribution is 7.92. The predicted molar refractivity (Wildman–Crippen MR) is 133 cm³/mol. The third kappa shape index (κ3) is 6.80. The number of carbonyl (C=O) groups is 1. The van der Waals surface area contributed by atoms with Crippen LogP contribution in [-0.4, -0.2) is 38.9 Å². The minimum atomic E-state index is -4.14. The van der Waals surface area contributed by atoms with Crippen molar-refractivity contribution in [2.75, 3.05) is 24.0 Å². The molecule has 0 heterocycles. The van der Waals surface area contributed by atoms with Crippen LogP contribution in [0.3, 0.4) is 0 Å². The van der Waals surface area contributed by atoms with Gasteiger partial charge in [-0.25, -0.2) is 8.42 Å². The summed E-state index contributed by atoms with van der Waals surface area (Å²) in [5, 5.41) is 14.0. The van der Waals surface area contributed by atoms with E-state index < -0.39 is 27.4 Å². The largest absolute Gasteiger partial charge is 0.494 e. The molecule has 3 aromatic rings. The molecule has 0 aliphatic carbocycles. The number of aryl methyl sites for hydroxylation is 1. The summed E-state index contributed by atoms with van der Waals surface area (Å²) in [6, 6.07) is 20.5. The lowest BCUT2D eigenvalue weighted by atomic mass is 10.1. The third-order valence-corrected chi connectivity index (χ3v) is 6.95. The van der Waals surface area contributed by atoms with Crippen LogP contribution in [0.15, 0.2) is 83.8 Å². The lowest BCUT2D eigenvalue weighted by Gasteiger charge is -2.24. The minimum Gasteiger partial charge on any atom is -0.494 e. The maximum absolute atomic E-state index is 13.3. The average molecular weight is 498 g/mol. The molecule has 0 unspecified atom stereocenters. The number of nitro benzene ring substituents is 1.